The zero-order chi connectivity index (χ0) is 12.6. The molecule has 2 atom stereocenters. The van der Waals surface area contributed by atoms with Crippen LogP contribution in [-0.2, 0) is 4.79 Å². The Morgan fingerprint density at radius 2 is 2.00 bits per heavy atom. The molecule has 4 nitrogen and oxygen atoms in total. The smallest absolute Gasteiger partial charge is 0.244 e. The monoisotopic (exact) mass is 239 g/mol. The van der Waals surface area contributed by atoms with Crippen LogP contribution in [0.3, 0.4) is 0 Å². The van der Waals surface area contributed by atoms with Gasteiger partial charge < -0.3 is 9.80 Å². The van der Waals surface area contributed by atoms with Gasteiger partial charge in [-0.1, -0.05) is 6.92 Å². The van der Waals surface area contributed by atoms with Crippen molar-refractivity contribution in [2.75, 3.05) is 20.1 Å². The van der Waals surface area contributed by atoms with E-state index in [2.05, 4.69) is 36.0 Å². The number of carbonyl (C=O) groups is 1. The summed E-state index contributed by atoms with van der Waals surface area (Å²) in [5, 5.41) is 3.45. The number of nitrogens with zero attached hydrogens (tertiary/aromatic N) is 2. The van der Waals surface area contributed by atoms with E-state index in [0.717, 1.165) is 32.4 Å². The molecule has 2 fully saturated rings. The number of nitrogens with one attached hydrogen (secondary N) is 1. The number of rotatable bonds is 2. The Bertz CT molecular complexity index is 299. The minimum atomic E-state index is -0.344. The third kappa shape index (κ3) is 2.20. The van der Waals surface area contributed by atoms with Gasteiger partial charge in [-0.05, 0) is 53.2 Å². The fraction of sp³-hybridized carbons (Fsp3) is 0.923. The van der Waals surface area contributed by atoms with E-state index in [1.54, 1.807) is 0 Å². The second kappa shape index (κ2) is 4.58. The molecule has 2 aliphatic rings. The summed E-state index contributed by atoms with van der Waals surface area (Å²) in [4.78, 5) is 16.9. The fourth-order valence-electron chi connectivity index (χ4n) is 3.06. The summed E-state index contributed by atoms with van der Waals surface area (Å²) in [6, 6.07) is 0.426. The van der Waals surface area contributed by atoms with Crippen molar-refractivity contribution in [2.24, 2.45) is 0 Å². The SMILES string of the molecule is CCC1(C)NC(C)N(C2CCN(C)CC2)C1=O. The Labute approximate surface area is 104 Å². The van der Waals surface area contributed by atoms with Crippen LogP contribution in [0.25, 0.3) is 0 Å². The van der Waals surface area contributed by atoms with Crippen LogP contribution in [0.4, 0.5) is 0 Å². The first-order valence-electron chi connectivity index (χ1n) is 6.77. The summed E-state index contributed by atoms with van der Waals surface area (Å²) in [5.74, 6) is 0.294. The van der Waals surface area contributed by atoms with Gasteiger partial charge in [0.2, 0.25) is 5.91 Å². The first-order chi connectivity index (χ1) is 7.98. The van der Waals surface area contributed by atoms with Gasteiger partial charge in [0, 0.05) is 6.04 Å². The van der Waals surface area contributed by atoms with Gasteiger partial charge in [0.15, 0.2) is 0 Å². The standard InChI is InChI=1S/C13H25N3O/c1-5-13(3)12(17)16(10(2)14-13)11-6-8-15(4)9-7-11/h10-11,14H,5-9H2,1-4H3. The maximum atomic E-state index is 12.5. The van der Waals surface area contributed by atoms with E-state index in [1.807, 2.05) is 6.92 Å². The van der Waals surface area contributed by atoms with Crippen LogP contribution >= 0.6 is 0 Å². The Hall–Kier alpha value is -0.610. The second-order valence-electron chi connectivity index (χ2n) is 5.75. The molecule has 0 saturated carbocycles. The molecule has 0 aromatic rings. The van der Waals surface area contributed by atoms with Crippen molar-refractivity contribution in [2.45, 2.75) is 57.8 Å². The van der Waals surface area contributed by atoms with Gasteiger partial charge in [0.1, 0.15) is 0 Å². The lowest BCUT2D eigenvalue weighted by atomic mass is 9.97. The maximum absolute atomic E-state index is 12.5. The first kappa shape index (κ1) is 12.8. The number of piperidine rings is 1. The zero-order valence-corrected chi connectivity index (χ0v) is 11.5. The first-order valence-corrected chi connectivity index (χ1v) is 6.77. The van der Waals surface area contributed by atoms with Gasteiger partial charge in [-0.15, -0.1) is 0 Å². The molecule has 0 aromatic carbocycles. The molecule has 1 N–H and O–H groups in total. The second-order valence-corrected chi connectivity index (χ2v) is 5.75. The molecule has 0 bridgehead atoms. The summed E-state index contributed by atoms with van der Waals surface area (Å²) in [5.41, 5.74) is -0.344. The van der Waals surface area contributed by atoms with Crippen LogP contribution < -0.4 is 5.32 Å². The van der Waals surface area contributed by atoms with Crippen molar-refractivity contribution in [3.05, 3.63) is 0 Å². The van der Waals surface area contributed by atoms with Gasteiger partial charge in [0.25, 0.3) is 0 Å². The number of carbonyl (C=O) groups excluding carboxylic acids is 1. The van der Waals surface area contributed by atoms with Crippen molar-refractivity contribution in [3.8, 4) is 0 Å². The molecule has 2 heterocycles. The molecule has 98 valence electrons. The minimum Gasteiger partial charge on any atom is -0.323 e. The van der Waals surface area contributed by atoms with Crippen molar-refractivity contribution in [3.63, 3.8) is 0 Å². The number of likely N-dealkylation sites (tertiary alicyclic amines) is 1. The quantitative estimate of drug-likeness (QED) is 0.782. The highest BCUT2D eigenvalue weighted by Crippen LogP contribution is 2.28. The van der Waals surface area contributed by atoms with E-state index in [-0.39, 0.29) is 11.7 Å². The maximum Gasteiger partial charge on any atom is 0.244 e. The number of amides is 1. The Morgan fingerprint density at radius 3 is 2.47 bits per heavy atom. The molecule has 0 aliphatic carbocycles. The van der Waals surface area contributed by atoms with Crippen LogP contribution in [0.1, 0.15) is 40.0 Å². The molecule has 4 heteroatoms. The largest absolute Gasteiger partial charge is 0.323 e. The van der Waals surface area contributed by atoms with E-state index in [1.165, 1.54) is 0 Å². The summed E-state index contributed by atoms with van der Waals surface area (Å²) < 4.78 is 0. The van der Waals surface area contributed by atoms with Crippen molar-refractivity contribution in [1.29, 1.82) is 0 Å². The van der Waals surface area contributed by atoms with E-state index < -0.39 is 0 Å². The normalized spacial score (nSPS) is 36.8. The van der Waals surface area contributed by atoms with E-state index in [9.17, 15) is 4.79 Å². The zero-order valence-electron chi connectivity index (χ0n) is 11.5. The van der Waals surface area contributed by atoms with Crippen molar-refractivity contribution in [1.82, 2.24) is 15.1 Å². The number of hydrogen-bond acceptors (Lipinski definition) is 3. The molecular weight excluding hydrogens is 214 g/mol. The van der Waals surface area contributed by atoms with Crippen LogP contribution in [-0.4, -0.2) is 53.6 Å². The lowest BCUT2D eigenvalue weighted by Crippen LogP contribution is -2.49. The molecule has 0 radical (unpaired) electrons. The minimum absolute atomic E-state index is 0.181. The predicted molar refractivity (Wildman–Crippen MR) is 68.7 cm³/mol. The lowest BCUT2D eigenvalue weighted by molar-refractivity contribution is -0.135. The summed E-state index contributed by atoms with van der Waals surface area (Å²) in [6.07, 6.45) is 3.25. The highest BCUT2D eigenvalue weighted by Gasteiger charge is 2.47. The van der Waals surface area contributed by atoms with Gasteiger partial charge in [-0.25, -0.2) is 0 Å². The van der Waals surface area contributed by atoms with Gasteiger partial charge in [-0.3, -0.25) is 10.1 Å². The third-order valence-corrected chi connectivity index (χ3v) is 4.44. The Morgan fingerprint density at radius 1 is 1.41 bits per heavy atom. The fourth-order valence-corrected chi connectivity index (χ4v) is 3.06. The van der Waals surface area contributed by atoms with Crippen molar-refractivity contribution >= 4 is 5.91 Å². The average Bonchev–Trinajstić information content (AvgIpc) is 2.53. The topological polar surface area (TPSA) is 35.6 Å². The molecule has 1 amide bonds. The van der Waals surface area contributed by atoms with E-state index in [0.29, 0.717) is 11.9 Å². The van der Waals surface area contributed by atoms with E-state index in [4.69, 9.17) is 0 Å². The summed E-state index contributed by atoms with van der Waals surface area (Å²) >= 11 is 0. The molecule has 2 rings (SSSR count). The molecule has 0 spiro atoms. The van der Waals surface area contributed by atoms with Gasteiger partial charge in [0.05, 0.1) is 11.7 Å². The average molecular weight is 239 g/mol. The molecular formula is C13H25N3O. The lowest BCUT2D eigenvalue weighted by Gasteiger charge is -2.37. The molecule has 0 aromatic heterocycles. The molecule has 2 unspecified atom stereocenters. The molecule has 17 heavy (non-hydrogen) atoms. The Kier molecular flexibility index (Phi) is 3.46. The van der Waals surface area contributed by atoms with Crippen LogP contribution in [0.15, 0.2) is 0 Å². The van der Waals surface area contributed by atoms with Crippen molar-refractivity contribution < 1.29 is 4.79 Å². The third-order valence-electron chi connectivity index (χ3n) is 4.44. The van der Waals surface area contributed by atoms with E-state index >= 15 is 0 Å². The summed E-state index contributed by atoms with van der Waals surface area (Å²) in [7, 11) is 2.15. The number of hydrogen-bond donors (Lipinski definition) is 1. The van der Waals surface area contributed by atoms with Crippen LogP contribution in [0.5, 0.6) is 0 Å². The Balaban J connectivity index is 2.08. The molecule has 2 saturated heterocycles. The summed E-state index contributed by atoms with van der Waals surface area (Å²) in [6.45, 7) is 8.42. The highest BCUT2D eigenvalue weighted by molar-refractivity contribution is 5.88. The van der Waals surface area contributed by atoms with Crippen LogP contribution in [0.2, 0.25) is 0 Å². The van der Waals surface area contributed by atoms with Gasteiger partial charge >= 0.3 is 0 Å². The van der Waals surface area contributed by atoms with Crippen LogP contribution in [0, 0.1) is 0 Å². The van der Waals surface area contributed by atoms with Gasteiger partial charge in [-0.2, -0.15) is 0 Å². The highest BCUT2D eigenvalue weighted by atomic mass is 16.2. The predicted octanol–water partition coefficient (Wildman–Crippen LogP) is 1.03. The molecule has 2 aliphatic heterocycles.